The summed E-state index contributed by atoms with van der Waals surface area (Å²) in [5.41, 5.74) is 1.41. The number of hydrogen-bond acceptors (Lipinski definition) is 6. The molecule has 0 aliphatic carbocycles. The van der Waals surface area contributed by atoms with Gasteiger partial charge in [-0.1, -0.05) is 6.92 Å². The van der Waals surface area contributed by atoms with Gasteiger partial charge in [-0.2, -0.15) is 4.31 Å². The van der Waals surface area contributed by atoms with E-state index in [2.05, 4.69) is 12.2 Å². The number of carbonyl (C=O) groups is 2. The second kappa shape index (κ2) is 8.87. The number of rotatable bonds is 5. The Bertz CT molecular complexity index is 1050. The van der Waals surface area contributed by atoms with E-state index in [-0.39, 0.29) is 4.90 Å². The van der Waals surface area contributed by atoms with Crippen LogP contribution in [0.3, 0.4) is 0 Å². The molecule has 9 heteroatoms. The van der Waals surface area contributed by atoms with Crippen LogP contribution in [-0.2, 0) is 14.8 Å². The Morgan fingerprint density at radius 2 is 1.73 bits per heavy atom. The minimum Gasteiger partial charge on any atom is -0.465 e. The topological polar surface area (TPSA) is 92.8 Å². The van der Waals surface area contributed by atoms with Crippen molar-refractivity contribution >= 4 is 38.2 Å². The van der Waals surface area contributed by atoms with Crippen molar-refractivity contribution in [3.05, 3.63) is 45.8 Å². The van der Waals surface area contributed by atoms with Crippen molar-refractivity contribution in [1.82, 2.24) is 4.31 Å². The summed E-state index contributed by atoms with van der Waals surface area (Å²) in [6.45, 7) is 6.82. The summed E-state index contributed by atoms with van der Waals surface area (Å²) in [7, 11) is -2.27. The van der Waals surface area contributed by atoms with E-state index >= 15 is 0 Å². The Morgan fingerprint density at radius 1 is 1.13 bits per heavy atom. The smallest absolute Gasteiger partial charge is 0.341 e. The van der Waals surface area contributed by atoms with Crippen molar-refractivity contribution in [3.63, 3.8) is 0 Å². The van der Waals surface area contributed by atoms with Crippen LogP contribution in [0, 0.1) is 19.8 Å². The highest BCUT2D eigenvalue weighted by molar-refractivity contribution is 7.89. The van der Waals surface area contributed by atoms with Crippen LogP contribution in [0.2, 0.25) is 0 Å². The highest BCUT2D eigenvalue weighted by Gasteiger charge is 2.28. The van der Waals surface area contributed by atoms with E-state index in [1.165, 1.54) is 47.0 Å². The number of nitrogens with zero attached hydrogens (tertiary/aromatic N) is 1. The number of ether oxygens (including phenoxy) is 1. The summed E-state index contributed by atoms with van der Waals surface area (Å²) >= 11 is 1.30. The SMILES string of the molecule is COC(=O)c1c(NC(=O)c2ccc(S(=O)(=O)N3CCC(C)CC3)cc2)sc(C)c1C. The minimum atomic E-state index is -3.57. The quantitative estimate of drug-likeness (QED) is 0.699. The molecule has 1 aromatic carbocycles. The highest BCUT2D eigenvalue weighted by atomic mass is 32.2. The van der Waals surface area contributed by atoms with Gasteiger partial charge in [0.25, 0.3) is 5.91 Å². The van der Waals surface area contributed by atoms with Crippen molar-refractivity contribution in [1.29, 1.82) is 0 Å². The molecule has 0 bridgehead atoms. The van der Waals surface area contributed by atoms with Gasteiger partial charge in [-0.3, -0.25) is 4.79 Å². The molecule has 1 amide bonds. The lowest BCUT2D eigenvalue weighted by atomic mass is 10.0. The first-order chi connectivity index (χ1) is 14.1. The first-order valence-corrected chi connectivity index (χ1v) is 12.0. The molecule has 30 heavy (non-hydrogen) atoms. The number of benzene rings is 1. The number of amides is 1. The van der Waals surface area contributed by atoms with E-state index < -0.39 is 21.9 Å². The molecular formula is C21H26N2O5S2. The van der Waals surface area contributed by atoms with Crippen LogP contribution in [-0.4, -0.2) is 44.8 Å². The predicted molar refractivity (Wildman–Crippen MR) is 117 cm³/mol. The van der Waals surface area contributed by atoms with Crippen LogP contribution in [0.25, 0.3) is 0 Å². The van der Waals surface area contributed by atoms with Crippen molar-refractivity contribution in [2.45, 2.75) is 38.5 Å². The van der Waals surface area contributed by atoms with Crippen molar-refractivity contribution in [2.75, 3.05) is 25.5 Å². The second-order valence-electron chi connectivity index (χ2n) is 7.54. The maximum Gasteiger partial charge on any atom is 0.341 e. The Labute approximate surface area is 181 Å². The molecule has 2 heterocycles. The molecule has 0 radical (unpaired) electrons. The average Bonchev–Trinajstić information content (AvgIpc) is 3.01. The van der Waals surface area contributed by atoms with E-state index in [9.17, 15) is 18.0 Å². The number of piperidine rings is 1. The van der Waals surface area contributed by atoms with Crippen LogP contribution in [0.15, 0.2) is 29.2 Å². The molecule has 162 valence electrons. The van der Waals surface area contributed by atoms with Gasteiger partial charge >= 0.3 is 5.97 Å². The fourth-order valence-electron chi connectivity index (χ4n) is 3.39. The standard InChI is InChI=1S/C21H26N2O5S2/c1-13-9-11-23(12-10-13)30(26,27)17-7-5-16(6-8-17)19(24)22-20-18(21(25)28-4)14(2)15(3)29-20/h5-8,13H,9-12H2,1-4H3,(H,22,24). The molecule has 0 spiro atoms. The molecule has 1 saturated heterocycles. The zero-order chi connectivity index (χ0) is 22.1. The minimum absolute atomic E-state index is 0.173. The zero-order valence-electron chi connectivity index (χ0n) is 17.5. The van der Waals surface area contributed by atoms with Gasteiger partial charge in [-0.25, -0.2) is 13.2 Å². The van der Waals surface area contributed by atoms with Gasteiger partial charge < -0.3 is 10.1 Å². The van der Waals surface area contributed by atoms with Gasteiger partial charge in [0, 0.05) is 23.5 Å². The molecule has 1 aliphatic rings. The summed E-state index contributed by atoms with van der Waals surface area (Å²) < 4.78 is 32.0. The number of nitrogens with one attached hydrogen (secondary N) is 1. The van der Waals surface area contributed by atoms with E-state index in [0.717, 1.165) is 23.3 Å². The van der Waals surface area contributed by atoms with Crippen LogP contribution < -0.4 is 5.32 Å². The van der Waals surface area contributed by atoms with Crippen LogP contribution in [0.5, 0.6) is 0 Å². The van der Waals surface area contributed by atoms with E-state index in [1.54, 1.807) is 6.92 Å². The molecule has 3 rings (SSSR count). The first-order valence-electron chi connectivity index (χ1n) is 9.75. The highest BCUT2D eigenvalue weighted by Crippen LogP contribution is 2.33. The number of thiophene rings is 1. The van der Waals surface area contributed by atoms with Crippen molar-refractivity contribution < 1.29 is 22.7 Å². The number of carbonyl (C=O) groups excluding carboxylic acids is 2. The van der Waals surface area contributed by atoms with E-state index in [4.69, 9.17) is 4.74 Å². The number of aryl methyl sites for hydroxylation is 1. The Hall–Kier alpha value is -2.23. The van der Waals surface area contributed by atoms with Crippen molar-refractivity contribution in [2.24, 2.45) is 5.92 Å². The monoisotopic (exact) mass is 450 g/mol. The third kappa shape index (κ3) is 4.43. The largest absolute Gasteiger partial charge is 0.465 e. The van der Waals surface area contributed by atoms with Gasteiger partial charge in [-0.15, -0.1) is 11.3 Å². The molecule has 1 aromatic heterocycles. The molecule has 1 N–H and O–H groups in total. The maximum absolute atomic E-state index is 12.8. The Kier molecular flexibility index (Phi) is 6.64. The summed E-state index contributed by atoms with van der Waals surface area (Å²) in [4.78, 5) is 25.8. The maximum atomic E-state index is 12.8. The molecule has 1 fully saturated rings. The van der Waals surface area contributed by atoms with Gasteiger partial charge in [-0.05, 0) is 62.4 Å². The predicted octanol–water partition coefficient (Wildman–Crippen LogP) is 3.82. The third-order valence-electron chi connectivity index (χ3n) is 5.50. The number of anilines is 1. The van der Waals surface area contributed by atoms with Gasteiger partial charge in [0.05, 0.1) is 17.6 Å². The van der Waals surface area contributed by atoms with Gasteiger partial charge in [0.1, 0.15) is 5.00 Å². The Morgan fingerprint density at radius 3 is 2.30 bits per heavy atom. The van der Waals surface area contributed by atoms with Crippen LogP contribution >= 0.6 is 11.3 Å². The molecule has 0 unspecified atom stereocenters. The third-order valence-corrected chi connectivity index (χ3v) is 8.53. The molecule has 7 nitrogen and oxygen atoms in total. The normalized spacial score (nSPS) is 15.7. The van der Waals surface area contributed by atoms with Gasteiger partial charge in [0.15, 0.2) is 0 Å². The molecular weight excluding hydrogens is 424 g/mol. The average molecular weight is 451 g/mol. The number of sulfonamides is 1. The Balaban J connectivity index is 1.78. The lowest BCUT2D eigenvalue weighted by Crippen LogP contribution is -2.37. The zero-order valence-corrected chi connectivity index (χ0v) is 19.2. The summed E-state index contributed by atoms with van der Waals surface area (Å²) in [5.74, 6) is -0.400. The molecule has 0 atom stereocenters. The number of esters is 1. The number of methoxy groups -OCH3 is 1. The lowest BCUT2D eigenvalue weighted by Gasteiger charge is -2.29. The second-order valence-corrected chi connectivity index (χ2v) is 10.7. The molecule has 1 aliphatic heterocycles. The molecule has 2 aromatic rings. The summed E-state index contributed by atoms with van der Waals surface area (Å²) in [5, 5.41) is 3.17. The first kappa shape index (κ1) is 22.5. The fraction of sp³-hybridized carbons (Fsp3) is 0.429. The fourth-order valence-corrected chi connectivity index (χ4v) is 5.90. The van der Waals surface area contributed by atoms with Crippen LogP contribution in [0.1, 0.15) is 50.9 Å². The van der Waals surface area contributed by atoms with Crippen molar-refractivity contribution in [3.8, 4) is 0 Å². The van der Waals surface area contributed by atoms with E-state index in [1.807, 2.05) is 6.92 Å². The lowest BCUT2D eigenvalue weighted by molar-refractivity contribution is 0.0601. The number of hydrogen-bond donors (Lipinski definition) is 1. The summed E-state index contributed by atoms with van der Waals surface area (Å²) in [6.07, 6.45) is 1.70. The van der Waals surface area contributed by atoms with E-state index in [0.29, 0.717) is 35.1 Å². The van der Waals surface area contributed by atoms with Crippen LogP contribution in [0.4, 0.5) is 5.00 Å². The summed E-state index contributed by atoms with van der Waals surface area (Å²) in [6, 6.07) is 5.88. The van der Waals surface area contributed by atoms with Gasteiger partial charge in [0.2, 0.25) is 10.0 Å². The molecule has 0 saturated carbocycles.